The number of carbonyl (C=O) groups excluding carboxylic acids is 2. The summed E-state index contributed by atoms with van der Waals surface area (Å²) < 4.78 is 47.3. The molecular formula is C26H25F3N6O3. The molecule has 198 valence electrons. The maximum absolute atomic E-state index is 13.8. The Labute approximate surface area is 216 Å². The Morgan fingerprint density at radius 3 is 2.66 bits per heavy atom. The lowest BCUT2D eigenvalue weighted by Gasteiger charge is -2.43. The minimum Gasteiger partial charge on any atom is -0.489 e. The van der Waals surface area contributed by atoms with E-state index in [0.717, 1.165) is 6.20 Å². The second kappa shape index (κ2) is 9.86. The van der Waals surface area contributed by atoms with Crippen LogP contribution in [0.5, 0.6) is 5.75 Å². The third-order valence-electron chi connectivity index (χ3n) is 6.36. The maximum atomic E-state index is 13.8. The Morgan fingerprint density at radius 1 is 1.11 bits per heavy atom. The van der Waals surface area contributed by atoms with Gasteiger partial charge >= 0.3 is 6.18 Å². The van der Waals surface area contributed by atoms with E-state index in [0.29, 0.717) is 36.8 Å². The minimum atomic E-state index is -4.68. The quantitative estimate of drug-likeness (QED) is 0.463. The van der Waals surface area contributed by atoms with E-state index in [2.05, 4.69) is 20.9 Å². The number of rotatable bonds is 5. The van der Waals surface area contributed by atoms with Crippen molar-refractivity contribution in [1.29, 1.82) is 0 Å². The highest BCUT2D eigenvalue weighted by atomic mass is 19.4. The van der Waals surface area contributed by atoms with Gasteiger partial charge in [-0.25, -0.2) is 4.98 Å². The Morgan fingerprint density at radius 2 is 1.89 bits per heavy atom. The molecule has 1 fully saturated rings. The number of piperazine rings is 1. The van der Waals surface area contributed by atoms with Crippen LogP contribution < -0.4 is 25.6 Å². The van der Waals surface area contributed by atoms with Gasteiger partial charge in [0.2, 0.25) is 5.91 Å². The summed E-state index contributed by atoms with van der Waals surface area (Å²) >= 11 is 0. The van der Waals surface area contributed by atoms with Crippen LogP contribution >= 0.6 is 0 Å². The molecule has 1 atom stereocenters. The van der Waals surface area contributed by atoms with E-state index in [1.807, 2.05) is 11.9 Å². The number of aromatic nitrogens is 1. The molecule has 2 amide bonds. The van der Waals surface area contributed by atoms with Gasteiger partial charge in [0.1, 0.15) is 18.2 Å². The van der Waals surface area contributed by atoms with Gasteiger partial charge in [-0.15, -0.1) is 0 Å². The average molecular weight is 527 g/mol. The van der Waals surface area contributed by atoms with Gasteiger partial charge in [-0.05, 0) is 31.3 Å². The number of anilines is 5. The van der Waals surface area contributed by atoms with E-state index in [9.17, 15) is 22.8 Å². The highest BCUT2D eigenvalue weighted by Gasteiger charge is 2.37. The topological polar surface area (TPSA) is 98.8 Å². The number of para-hydroxylation sites is 1. The number of nitrogens with zero attached hydrogens (tertiary/aromatic N) is 3. The SMILES string of the molecule is CNC(=O)c1ccccc1Nc1cc(Nc2ccc3c(c2)OCC2CN(C)CC(=O)N32)ncc1C(F)(F)F. The number of hydrogen-bond donors (Lipinski definition) is 3. The predicted molar refractivity (Wildman–Crippen MR) is 136 cm³/mol. The molecular weight excluding hydrogens is 501 g/mol. The second-order valence-electron chi connectivity index (χ2n) is 9.10. The monoisotopic (exact) mass is 526 g/mol. The molecule has 2 aliphatic heterocycles. The summed E-state index contributed by atoms with van der Waals surface area (Å²) in [5, 5.41) is 8.23. The van der Waals surface area contributed by atoms with E-state index in [-0.39, 0.29) is 34.7 Å². The molecule has 1 unspecified atom stereocenters. The van der Waals surface area contributed by atoms with Crippen LogP contribution in [-0.4, -0.2) is 61.5 Å². The van der Waals surface area contributed by atoms with Crippen molar-refractivity contribution in [3.8, 4) is 5.75 Å². The van der Waals surface area contributed by atoms with Crippen LogP contribution in [0.4, 0.5) is 41.7 Å². The number of carbonyl (C=O) groups is 2. The van der Waals surface area contributed by atoms with Gasteiger partial charge in [-0.2, -0.15) is 13.2 Å². The molecule has 3 N–H and O–H groups in total. The van der Waals surface area contributed by atoms with E-state index >= 15 is 0 Å². The van der Waals surface area contributed by atoms with Crippen LogP contribution in [0.2, 0.25) is 0 Å². The molecule has 0 bridgehead atoms. The lowest BCUT2D eigenvalue weighted by Crippen LogP contribution is -2.59. The Hall–Kier alpha value is -4.32. The lowest BCUT2D eigenvalue weighted by molar-refractivity contribution is -0.137. The number of benzene rings is 2. The molecule has 9 nitrogen and oxygen atoms in total. The maximum Gasteiger partial charge on any atom is 0.419 e. The first-order valence-corrected chi connectivity index (χ1v) is 11.8. The van der Waals surface area contributed by atoms with E-state index in [1.165, 1.54) is 25.2 Å². The van der Waals surface area contributed by atoms with Gasteiger partial charge < -0.3 is 25.6 Å². The number of fused-ring (bicyclic) bond motifs is 3. The highest BCUT2D eigenvalue weighted by Crippen LogP contribution is 2.40. The number of ether oxygens (including phenoxy) is 1. The van der Waals surface area contributed by atoms with Crippen molar-refractivity contribution < 1.29 is 27.5 Å². The van der Waals surface area contributed by atoms with Crippen molar-refractivity contribution in [3.05, 3.63) is 65.9 Å². The van der Waals surface area contributed by atoms with Gasteiger partial charge in [0.25, 0.3) is 5.91 Å². The molecule has 1 aromatic heterocycles. The van der Waals surface area contributed by atoms with Crippen LogP contribution in [0.25, 0.3) is 0 Å². The number of nitrogens with one attached hydrogen (secondary N) is 3. The van der Waals surface area contributed by atoms with Crippen molar-refractivity contribution in [2.75, 3.05) is 49.3 Å². The van der Waals surface area contributed by atoms with Gasteiger partial charge in [0.15, 0.2) is 0 Å². The number of alkyl halides is 3. The summed E-state index contributed by atoms with van der Waals surface area (Å²) in [7, 11) is 3.33. The summed E-state index contributed by atoms with van der Waals surface area (Å²) in [5.74, 6) is 0.173. The molecule has 3 aromatic rings. The molecule has 2 aliphatic rings. The molecule has 0 spiro atoms. The molecule has 0 aliphatic carbocycles. The predicted octanol–water partition coefficient (Wildman–Crippen LogP) is 3.99. The third kappa shape index (κ3) is 4.94. The van der Waals surface area contributed by atoms with Crippen molar-refractivity contribution in [1.82, 2.24) is 15.2 Å². The highest BCUT2D eigenvalue weighted by molar-refractivity contribution is 6.00. The molecule has 5 rings (SSSR count). The standard InChI is InChI=1S/C26H25F3N6O3/c1-30-25(37)17-5-3-4-6-19(17)33-20-10-23(31-11-18(20)26(27,28)29)32-15-7-8-21-22(9-15)38-14-16-12-34(2)13-24(36)35(16)21/h3-11,16H,12-14H2,1-2H3,(H,30,37)(H2,31,32,33). The summed E-state index contributed by atoms with van der Waals surface area (Å²) in [4.78, 5) is 32.5. The van der Waals surface area contributed by atoms with Gasteiger partial charge in [0, 0.05) is 37.6 Å². The van der Waals surface area contributed by atoms with Gasteiger partial charge in [-0.1, -0.05) is 12.1 Å². The number of pyridine rings is 1. The van der Waals surface area contributed by atoms with E-state index in [4.69, 9.17) is 4.74 Å². The van der Waals surface area contributed by atoms with Crippen LogP contribution in [0.3, 0.4) is 0 Å². The number of amides is 2. The number of hydrogen-bond acceptors (Lipinski definition) is 7. The smallest absolute Gasteiger partial charge is 0.419 e. The fraction of sp³-hybridized carbons (Fsp3) is 0.269. The fourth-order valence-electron chi connectivity index (χ4n) is 4.64. The Balaban J connectivity index is 1.44. The first-order valence-electron chi connectivity index (χ1n) is 11.8. The van der Waals surface area contributed by atoms with E-state index in [1.54, 1.807) is 35.2 Å². The van der Waals surface area contributed by atoms with Crippen LogP contribution in [-0.2, 0) is 11.0 Å². The molecule has 0 saturated carbocycles. The second-order valence-corrected chi connectivity index (χ2v) is 9.10. The van der Waals surface area contributed by atoms with Gasteiger partial charge in [0.05, 0.1) is 40.8 Å². The molecule has 38 heavy (non-hydrogen) atoms. The zero-order valence-corrected chi connectivity index (χ0v) is 20.6. The summed E-state index contributed by atoms with van der Waals surface area (Å²) in [6, 6.07) is 12.5. The normalized spacial score (nSPS) is 17.2. The van der Waals surface area contributed by atoms with Crippen molar-refractivity contribution in [2.24, 2.45) is 0 Å². The molecule has 12 heteroatoms. The minimum absolute atomic E-state index is 0.0221. The third-order valence-corrected chi connectivity index (χ3v) is 6.36. The zero-order valence-electron chi connectivity index (χ0n) is 20.6. The molecule has 0 radical (unpaired) electrons. The zero-order chi connectivity index (χ0) is 27.0. The van der Waals surface area contributed by atoms with Crippen molar-refractivity contribution >= 4 is 40.4 Å². The fourth-order valence-corrected chi connectivity index (χ4v) is 4.64. The molecule has 2 aromatic carbocycles. The van der Waals surface area contributed by atoms with Crippen LogP contribution in [0, 0.1) is 0 Å². The number of halogens is 3. The first kappa shape index (κ1) is 25.3. The van der Waals surface area contributed by atoms with Crippen LogP contribution in [0.15, 0.2) is 54.7 Å². The molecule has 1 saturated heterocycles. The summed E-state index contributed by atoms with van der Waals surface area (Å²) in [6.07, 6.45) is -3.95. The average Bonchev–Trinajstić information content (AvgIpc) is 2.87. The van der Waals surface area contributed by atoms with Crippen molar-refractivity contribution in [3.63, 3.8) is 0 Å². The lowest BCUT2D eigenvalue weighted by atomic mass is 10.1. The number of likely N-dealkylation sites (N-methyl/N-ethyl adjacent to an activating group) is 1. The molecule has 3 heterocycles. The van der Waals surface area contributed by atoms with Crippen molar-refractivity contribution in [2.45, 2.75) is 12.2 Å². The Kier molecular flexibility index (Phi) is 6.57. The first-order chi connectivity index (χ1) is 18.1. The van der Waals surface area contributed by atoms with Crippen LogP contribution in [0.1, 0.15) is 15.9 Å². The summed E-state index contributed by atoms with van der Waals surface area (Å²) in [6.45, 7) is 1.34. The summed E-state index contributed by atoms with van der Waals surface area (Å²) in [5.41, 5.74) is 0.321. The Bertz CT molecular complexity index is 1400. The van der Waals surface area contributed by atoms with E-state index < -0.39 is 17.6 Å². The largest absolute Gasteiger partial charge is 0.489 e. The van der Waals surface area contributed by atoms with Gasteiger partial charge in [-0.3, -0.25) is 14.5 Å².